The monoisotopic (exact) mass is 184 g/mol. The molecule has 0 aromatic rings. The first-order valence-corrected chi connectivity index (χ1v) is 5.06. The summed E-state index contributed by atoms with van der Waals surface area (Å²) in [5.41, 5.74) is 5.73. The van der Waals surface area contributed by atoms with Crippen LogP contribution in [-0.2, 0) is 4.79 Å². The van der Waals surface area contributed by atoms with E-state index < -0.39 is 0 Å². The Hall–Kier alpha value is -0.570. The van der Waals surface area contributed by atoms with Crippen LogP contribution >= 0.6 is 0 Å². The van der Waals surface area contributed by atoms with E-state index in [1.54, 1.807) is 0 Å². The smallest absolute Gasteiger partial charge is 0.237 e. The average Bonchev–Trinajstić information content (AvgIpc) is 2.64. The molecule has 1 rings (SSSR count). The van der Waals surface area contributed by atoms with Gasteiger partial charge in [-0.05, 0) is 24.7 Å². The second kappa shape index (κ2) is 4.09. The van der Waals surface area contributed by atoms with E-state index in [1.165, 1.54) is 0 Å². The molecule has 1 aliphatic rings. The first kappa shape index (κ1) is 10.5. The molecule has 3 nitrogen and oxygen atoms in total. The molecule has 1 aliphatic carbocycles. The summed E-state index contributed by atoms with van der Waals surface area (Å²) < 4.78 is 0. The fraction of sp³-hybridized carbons (Fsp3) is 0.900. The van der Waals surface area contributed by atoms with Crippen molar-refractivity contribution in [2.24, 2.45) is 17.6 Å². The molecule has 3 heteroatoms. The average molecular weight is 184 g/mol. The number of hydrogen-bond acceptors (Lipinski definition) is 2. The van der Waals surface area contributed by atoms with Gasteiger partial charge in [0, 0.05) is 6.04 Å². The van der Waals surface area contributed by atoms with Gasteiger partial charge in [0.25, 0.3) is 0 Å². The SMILES string of the molecule is CC(C)C[C@@H](N)C(=O)NC1CC1C. The molecule has 0 aliphatic heterocycles. The quantitative estimate of drug-likeness (QED) is 0.681. The zero-order chi connectivity index (χ0) is 10.0. The van der Waals surface area contributed by atoms with Crippen LogP contribution < -0.4 is 11.1 Å². The van der Waals surface area contributed by atoms with E-state index >= 15 is 0 Å². The van der Waals surface area contributed by atoms with Crippen LogP contribution in [0.4, 0.5) is 0 Å². The van der Waals surface area contributed by atoms with Gasteiger partial charge in [0.1, 0.15) is 0 Å². The summed E-state index contributed by atoms with van der Waals surface area (Å²) in [6.45, 7) is 6.29. The minimum atomic E-state index is -0.326. The van der Waals surface area contributed by atoms with Gasteiger partial charge < -0.3 is 11.1 Å². The first-order valence-electron chi connectivity index (χ1n) is 5.06. The van der Waals surface area contributed by atoms with Gasteiger partial charge in [-0.3, -0.25) is 4.79 Å². The second-order valence-electron chi connectivity index (χ2n) is 4.56. The van der Waals surface area contributed by atoms with Gasteiger partial charge in [0.05, 0.1) is 6.04 Å². The fourth-order valence-electron chi connectivity index (χ4n) is 1.43. The van der Waals surface area contributed by atoms with Gasteiger partial charge in [0.2, 0.25) is 5.91 Å². The van der Waals surface area contributed by atoms with Gasteiger partial charge in [-0.1, -0.05) is 20.8 Å². The van der Waals surface area contributed by atoms with Crippen molar-refractivity contribution in [1.82, 2.24) is 5.32 Å². The molecule has 1 amide bonds. The minimum Gasteiger partial charge on any atom is -0.352 e. The Morgan fingerprint density at radius 1 is 1.62 bits per heavy atom. The van der Waals surface area contributed by atoms with Crippen molar-refractivity contribution < 1.29 is 4.79 Å². The summed E-state index contributed by atoms with van der Waals surface area (Å²) in [7, 11) is 0. The summed E-state index contributed by atoms with van der Waals surface area (Å²) >= 11 is 0. The van der Waals surface area contributed by atoms with E-state index in [2.05, 4.69) is 26.1 Å². The highest BCUT2D eigenvalue weighted by molar-refractivity contribution is 5.82. The van der Waals surface area contributed by atoms with E-state index in [0.717, 1.165) is 12.8 Å². The molecule has 0 radical (unpaired) electrons. The molecular formula is C10H20N2O. The topological polar surface area (TPSA) is 55.1 Å². The Labute approximate surface area is 80.1 Å². The highest BCUT2D eigenvalue weighted by Crippen LogP contribution is 2.28. The van der Waals surface area contributed by atoms with Crippen molar-refractivity contribution >= 4 is 5.91 Å². The van der Waals surface area contributed by atoms with Gasteiger partial charge in [-0.15, -0.1) is 0 Å². The number of carbonyl (C=O) groups is 1. The van der Waals surface area contributed by atoms with Crippen LogP contribution in [0.1, 0.15) is 33.6 Å². The molecule has 1 saturated carbocycles. The molecule has 2 unspecified atom stereocenters. The number of carbonyl (C=O) groups excluding carboxylic acids is 1. The maximum Gasteiger partial charge on any atom is 0.237 e. The van der Waals surface area contributed by atoms with Crippen LogP contribution in [0.15, 0.2) is 0 Å². The molecule has 0 aromatic carbocycles. The summed E-state index contributed by atoms with van der Waals surface area (Å²) in [6, 6.07) is 0.0681. The largest absolute Gasteiger partial charge is 0.352 e. The Morgan fingerprint density at radius 2 is 2.15 bits per heavy atom. The lowest BCUT2D eigenvalue weighted by molar-refractivity contribution is -0.122. The zero-order valence-electron chi connectivity index (χ0n) is 8.71. The Bertz CT molecular complexity index is 191. The van der Waals surface area contributed by atoms with Crippen LogP contribution in [0.5, 0.6) is 0 Å². The molecular weight excluding hydrogens is 164 g/mol. The standard InChI is InChI=1S/C10H20N2O/c1-6(2)4-8(11)10(13)12-9-5-7(9)3/h6-9H,4-5,11H2,1-3H3,(H,12,13)/t7?,8-,9?/m1/s1. The van der Waals surface area contributed by atoms with Crippen molar-refractivity contribution in [2.45, 2.75) is 45.7 Å². The summed E-state index contributed by atoms with van der Waals surface area (Å²) in [4.78, 5) is 11.4. The lowest BCUT2D eigenvalue weighted by Gasteiger charge is -2.13. The summed E-state index contributed by atoms with van der Waals surface area (Å²) in [5.74, 6) is 1.15. The predicted molar refractivity (Wildman–Crippen MR) is 53.1 cm³/mol. The summed E-state index contributed by atoms with van der Waals surface area (Å²) in [6.07, 6.45) is 1.88. The van der Waals surface area contributed by atoms with Crippen molar-refractivity contribution in [3.05, 3.63) is 0 Å². The van der Waals surface area contributed by atoms with Gasteiger partial charge in [-0.2, -0.15) is 0 Å². The van der Waals surface area contributed by atoms with E-state index in [4.69, 9.17) is 5.73 Å². The molecule has 3 atom stereocenters. The maximum atomic E-state index is 11.4. The molecule has 0 aromatic heterocycles. The molecule has 0 heterocycles. The molecule has 76 valence electrons. The molecule has 0 saturated heterocycles. The number of amides is 1. The van der Waals surface area contributed by atoms with E-state index in [9.17, 15) is 4.79 Å². The maximum absolute atomic E-state index is 11.4. The third kappa shape index (κ3) is 3.35. The second-order valence-corrected chi connectivity index (χ2v) is 4.56. The lowest BCUT2D eigenvalue weighted by Crippen LogP contribution is -2.42. The van der Waals surface area contributed by atoms with Crippen molar-refractivity contribution in [3.8, 4) is 0 Å². The number of hydrogen-bond donors (Lipinski definition) is 2. The van der Waals surface area contributed by atoms with Crippen molar-refractivity contribution in [1.29, 1.82) is 0 Å². The van der Waals surface area contributed by atoms with Gasteiger partial charge >= 0.3 is 0 Å². The fourth-order valence-corrected chi connectivity index (χ4v) is 1.43. The van der Waals surface area contributed by atoms with Crippen LogP contribution in [0.3, 0.4) is 0 Å². The molecule has 0 bridgehead atoms. The third-order valence-corrected chi connectivity index (χ3v) is 2.50. The van der Waals surface area contributed by atoms with Crippen molar-refractivity contribution in [3.63, 3.8) is 0 Å². The first-order chi connectivity index (χ1) is 6.00. The minimum absolute atomic E-state index is 0.0167. The zero-order valence-corrected chi connectivity index (χ0v) is 8.71. The third-order valence-electron chi connectivity index (χ3n) is 2.50. The van der Waals surface area contributed by atoms with Crippen LogP contribution in [-0.4, -0.2) is 18.0 Å². The normalized spacial score (nSPS) is 28.7. The van der Waals surface area contributed by atoms with E-state index in [1.807, 2.05) is 0 Å². The lowest BCUT2D eigenvalue weighted by atomic mass is 10.0. The molecule has 1 fully saturated rings. The Kier molecular flexibility index (Phi) is 3.31. The van der Waals surface area contributed by atoms with Crippen LogP contribution in [0.25, 0.3) is 0 Å². The van der Waals surface area contributed by atoms with Crippen molar-refractivity contribution in [2.75, 3.05) is 0 Å². The Morgan fingerprint density at radius 3 is 2.54 bits per heavy atom. The van der Waals surface area contributed by atoms with E-state index in [0.29, 0.717) is 17.9 Å². The van der Waals surface area contributed by atoms with Gasteiger partial charge in [-0.25, -0.2) is 0 Å². The molecule has 3 N–H and O–H groups in total. The Balaban J connectivity index is 2.22. The van der Waals surface area contributed by atoms with Crippen LogP contribution in [0.2, 0.25) is 0 Å². The molecule has 0 spiro atoms. The molecule has 13 heavy (non-hydrogen) atoms. The number of rotatable bonds is 4. The predicted octanol–water partition coefficient (Wildman–Crippen LogP) is 0.884. The highest BCUT2D eigenvalue weighted by Gasteiger charge is 2.34. The van der Waals surface area contributed by atoms with Crippen LogP contribution in [0, 0.1) is 11.8 Å². The number of nitrogens with two attached hydrogens (primary N) is 1. The van der Waals surface area contributed by atoms with Gasteiger partial charge in [0.15, 0.2) is 0 Å². The summed E-state index contributed by atoms with van der Waals surface area (Å²) in [5, 5.41) is 2.94. The highest BCUT2D eigenvalue weighted by atomic mass is 16.2. The van der Waals surface area contributed by atoms with E-state index in [-0.39, 0.29) is 11.9 Å². The number of nitrogens with one attached hydrogen (secondary N) is 1.